The third kappa shape index (κ3) is 4.05. The molecule has 0 bridgehead atoms. The number of ether oxygens (including phenoxy) is 2. The highest BCUT2D eigenvalue weighted by atomic mass is 19.1. The summed E-state index contributed by atoms with van der Waals surface area (Å²) in [5.74, 6) is -0.875. The molecule has 0 radical (unpaired) electrons. The first kappa shape index (κ1) is 15.0. The Labute approximate surface area is 122 Å². The Morgan fingerprint density at radius 2 is 1.90 bits per heavy atom. The van der Waals surface area contributed by atoms with Gasteiger partial charge in [0, 0.05) is 6.07 Å². The Morgan fingerprint density at radius 1 is 1.10 bits per heavy atom. The average molecular weight is 290 g/mol. The van der Waals surface area contributed by atoms with E-state index in [0.29, 0.717) is 12.4 Å². The zero-order chi connectivity index (χ0) is 15.2. The molecule has 0 saturated heterocycles. The number of aryl methyl sites for hydroxylation is 1. The van der Waals surface area contributed by atoms with Gasteiger partial charge in [0.15, 0.2) is 11.6 Å². The summed E-state index contributed by atoms with van der Waals surface area (Å²) in [7, 11) is 0. The van der Waals surface area contributed by atoms with Crippen molar-refractivity contribution in [3.05, 3.63) is 65.4 Å². The predicted octanol–water partition coefficient (Wildman–Crippen LogP) is 5.07. The Morgan fingerprint density at radius 3 is 2.57 bits per heavy atom. The van der Waals surface area contributed by atoms with Gasteiger partial charge in [0.2, 0.25) is 0 Å². The Bertz CT molecular complexity index is 651. The molecule has 2 nitrogen and oxygen atoms in total. The van der Waals surface area contributed by atoms with Gasteiger partial charge in [-0.15, -0.1) is 0 Å². The van der Waals surface area contributed by atoms with E-state index in [1.54, 1.807) is 18.4 Å². The number of benzene rings is 2. The lowest BCUT2D eigenvalue weighted by Gasteiger charge is -2.09. The van der Waals surface area contributed by atoms with Crippen LogP contribution in [0.25, 0.3) is 6.08 Å². The van der Waals surface area contributed by atoms with E-state index in [-0.39, 0.29) is 5.75 Å². The van der Waals surface area contributed by atoms with Crippen LogP contribution in [0.15, 0.2) is 42.7 Å². The minimum absolute atomic E-state index is 0.00610. The van der Waals surface area contributed by atoms with Crippen LogP contribution < -0.4 is 4.74 Å². The minimum atomic E-state index is -0.729. The van der Waals surface area contributed by atoms with Crippen LogP contribution >= 0.6 is 0 Å². The first-order chi connectivity index (χ1) is 10.1. The summed E-state index contributed by atoms with van der Waals surface area (Å²) in [5.41, 5.74) is 1.95. The summed E-state index contributed by atoms with van der Waals surface area (Å²) >= 11 is 0. The highest BCUT2D eigenvalue weighted by molar-refractivity contribution is 5.54. The highest BCUT2D eigenvalue weighted by Crippen LogP contribution is 2.27. The van der Waals surface area contributed by atoms with Crippen molar-refractivity contribution in [2.75, 3.05) is 6.61 Å². The average Bonchev–Trinajstić information content (AvgIpc) is 2.44. The van der Waals surface area contributed by atoms with Gasteiger partial charge < -0.3 is 9.47 Å². The van der Waals surface area contributed by atoms with Crippen LogP contribution in [-0.2, 0) is 4.74 Å². The van der Waals surface area contributed by atoms with Crippen LogP contribution in [0.3, 0.4) is 0 Å². The SMILES string of the molecule is CCOC=Cc1ccc(Oc2ccc(F)cc2F)cc1C. The molecule has 0 fully saturated rings. The standard InChI is InChI=1S/C17H16F2O2/c1-3-20-9-8-13-4-6-15(10-12(13)2)21-17-7-5-14(18)11-16(17)19/h4-11H,3H2,1-2H3. The van der Waals surface area contributed by atoms with Gasteiger partial charge in [-0.25, -0.2) is 8.78 Å². The maximum Gasteiger partial charge on any atom is 0.168 e. The molecular formula is C17H16F2O2. The van der Waals surface area contributed by atoms with Crippen molar-refractivity contribution in [1.29, 1.82) is 0 Å². The zero-order valence-corrected chi connectivity index (χ0v) is 11.9. The fourth-order valence-corrected chi connectivity index (χ4v) is 1.80. The molecule has 4 heteroatoms. The lowest BCUT2D eigenvalue weighted by molar-refractivity contribution is 0.272. The van der Waals surface area contributed by atoms with Gasteiger partial charge in [-0.1, -0.05) is 6.07 Å². The molecule has 0 saturated carbocycles. The molecule has 2 rings (SSSR count). The van der Waals surface area contributed by atoms with E-state index in [9.17, 15) is 8.78 Å². The Balaban J connectivity index is 2.16. The molecule has 21 heavy (non-hydrogen) atoms. The number of rotatable bonds is 5. The second kappa shape index (κ2) is 6.88. The van der Waals surface area contributed by atoms with Crippen molar-refractivity contribution in [2.24, 2.45) is 0 Å². The quantitative estimate of drug-likeness (QED) is 0.715. The van der Waals surface area contributed by atoms with Gasteiger partial charge in [-0.05, 0) is 55.3 Å². The molecule has 2 aromatic carbocycles. The summed E-state index contributed by atoms with van der Waals surface area (Å²) < 4.78 is 36.9. The van der Waals surface area contributed by atoms with Crippen LogP contribution in [0.1, 0.15) is 18.1 Å². The van der Waals surface area contributed by atoms with Crippen LogP contribution in [0.2, 0.25) is 0 Å². The van der Waals surface area contributed by atoms with E-state index in [1.165, 1.54) is 6.07 Å². The van der Waals surface area contributed by atoms with Gasteiger partial charge in [-0.3, -0.25) is 0 Å². The highest BCUT2D eigenvalue weighted by Gasteiger charge is 2.07. The molecule has 0 aliphatic rings. The fourth-order valence-electron chi connectivity index (χ4n) is 1.80. The molecule has 110 valence electrons. The molecule has 0 atom stereocenters. The van der Waals surface area contributed by atoms with Gasteiger partial charge in [0.05, 0.1) is 12.9 Å². The summed E-state index contributed by atoms with van der Waals surface area (Å²) in [5, 5.41) is 0. The van der Waals surface area contributed by atoms with E-state index in [4.69, 9.17) is 9.47 Å². The van der Waals surface area contributed by atoms with Crippen molar-refractivity contribution in [2.45, 2.75) is 13.8 Å². The molecular weight excluding hydrogens is 274 g/mol. The summed E-state index contributed by atoms with van der Waals surface area (Å²) in [4.78, 5) is 0. The summed E-state index contributed by atoms with van der Waals surface area (Å²) in [6, 6.07) is 8.58. The maximum atomic E-state index is 13.5. The van der Waals surface area contributed by atoms with Gasteiger partial charge in [-0.2, -0.15) is 0 Å². The summed E-state index contributed by atoms with van der Waals surface area (Å²) in [6.07, 6.45) is 3.48. The van der Waals surface area contributed by atoms with Crippen molar-refractivity contribution >= 4 is 6.08 Å². The number of hydrogen-bond donors (Lipinski definition) is 0. The first-order valence-corrected chi connectivity index (χ1v) is 6.62. The zero-order valence-electron chi connectivity index (χ0n) is 11.9. The molecule has 0 aromatic heterocycles. The normalized spacial score (nSPS) is 10.9. The largest absolute Gasteiger partial charge is 0.501 e. The molecule has 0 spiro atoms. The third-order valence-electron chi connectivity index (χ3n) is 2.87. The second-order valence-electron chi connectivity index (χ2n) is 4.45. The molecule has 0 heterocycles. The molecule has 0 amide bonds. The predicted molar refractivity (Wildman–Crippen MR) is 78.3 cm³/mol. The van der Waals surface area contributed by atoms with E-state index in [0.717, 1.165) is 23.3 Å². The van der Waals surface area contributed by atoms with Gasteiger partial charge in [0.25, 0.3) is 0 Å². The Hall–Kier alpha value is -2.36. The van der Waals surface area contributed by atoms with Crippen molar-refractivity contribution < 1.29 is 18.3 Å². The van der Waals surface area contributed by atoms with Crippen LogP contribution in [0.5, 0.6) is 11.5 Å². The van der Waals surface area contributed by atoms with Crippen molar-refractivity contribution in [3.8, 4) is 11.5 Å². The molecule has 0 aliphatic heterocycles. The van der Waals surface area contributed by atoms with E-state index >= 15 is 0 Å². The van der Waals surface area contributed by atoms with Crippen molar-refractivity contribution in [3.63, 3.8) is 0 Å². The lowest BCUT2D eigenvalue weighted by atomic mass is 10.1. The van der Waals surface area contributed by atoms with E-state index < -0.39 is 11.6 Å². The maximum absolute atomic E-state index is 13.5. The Kier molecular flexibility index (Phi) is 4.93. The molecule has 0 N–H and O–H groups in total. The van der Waals surface area contributed by atoms with E-state index in [1.807, 2.05) is 26.0 Å². The van der Waals surface area contributed by atoms with Gasteiger partial charge >= 0.3 is 0 Å². The number of hydrogen-bond acceptors (Lipinski definition) is 2. The monoisotopic (exact) mass is 290 g/mol. The fraction of sp³-hybridized carbons (Fsp3) is 0.176. The summed E-state index contributed by atoms with van der Waals surface area (Å²) in [6.45, 7) is 4.44. The molecule has 2 aromatic rings. The minimum Gasteiger partial charge on any atom is -0.501 e. The topological polar surface area (TPSA) is 18.5 Å². The number of halogens is 2. The van der Waals surface area contributed by atoms with E-state index in [2.05, 4.69) is 0 Å². The lowest BCUT2D eigenvalue weighted by Crippen LogP contribution is -1.91. The molecule has 0 aliphatic carbocycles. The van der Waals surface area contributed by atoms with Crippen LogP contribution in [-0.4, -0.2) is 6.61 Å². The third-order valence-corrected chi connectivity index (χ3v) is 2.87. The first-order valence-electron chi connectivity index (χ1n) is 6.62. The van der Waals surface area contributed by atoms with Crippen molar-refractivity contribution in [1.82, 2.24) is 0 Å². The molecule has 0 unspecified atom stereocenters. The smallest absolute Gasteiger partial charge is 0.168 e. The van der Waals surface area contributed by atoms with Crippen LogP contribution in [0, 0.1) is 18.6 Å². The second-order valence-corrected chi connectivity index (χ2v) is 4.45. The van der Waals surface area contributed by atoms with Gasteiger partial charge in [0.1, 0.15) is 11.6 Å². The van der Waals surface area contributed by atoms with Crippen LogP contribution in [0.4, 0.5) is 8.78 Å².